The Kier molecular flexibility index (Phi) is 30.0. The third-order valence-electron chi connectivity index (χ3n) is 7.14. The number of esters is 2. The largest absolute Gasteiger partial charge is 0.469 e. The Bertz CT molecular complexity index is 818. The molecule has 2 N–H and O–H groups in total. The molecule has 0 bridgehead atoms. The van der Waals surface area contributed by atoms with E-state index >= 15 is 0 Å². The van der Waals surface area contributed by atoms with Crippen molar-refractivity contribution >= 4 is 19.8 Å². The van der Waals surface area contributed by atoms with Gasteiger partial charge in [0, 0.05) is 12.8 Å². The second kappa shape index (κ2) is 31.3. The Morgan fingerprint density at radius 2 is 1.07 bits per heavy atom. The molecule has 1 atom stereocenters. The number of carbonyl (C=O) groups is 2. The smallest absolute Gasteiger partial charge is 0.462 e. The van der Waals surface area contributed by atoms with Crippen molar-refractivity contribution in [3.05, 3.63) is 36.5 Å². The van der Waals surface area contributed by atoms with Gasteiger partial charge in [-0.1, -0.05) is 121 Å². The van der Waals surface area contributed by atoms with Gasteiger partial charge in [-0.05, 0) is 57.8 Å². The van der Waals surface area contributed by atoms with Gasteiger partial charge in [-0.3, -0.25) is 14.1 Å². The maximum Gasteiger partial charge on any atom is 0.469 e. The summed E-state index contributed by atoms with van der Waals surface area (Å²) in [4.78, 5) is 42.5. The lowest BCUT2D eigenvalue weighted by molar-refractivity contribution is -0.161. The molecule has 0 amide bonds. The molecule has 1 unspecified atom stereocenters. The summed E-state index contributed by atoms with van der Waals surface area (Å²) in [6.45, 7) is 3.58. The summed E-state index contributed by atoms with van der Waals surface area (Å²) >= 11 is 0. The minimum Gasteiger partial charge on any atom is -0.462 e. The Labute approximate surface area is 268 Å². The number of hydrogen-bond acceptors (Lipinski definition) is 6. The Morgan fingerprint density at radius 1 is 0.591 bits per heavy atom. The van der Waals surface area contributed by atoms with E-state index in [4.69, 9.17) is 19.3 Å². The van der Waals surface area contributed by atoms with Gasteiger partial charge in [-0.25, -0.2) is 4.57 Å². The zero-order valence-electron chi connectivity index (χ0n) is 27.8. The van der Waals surface area contributed by atoms with Crippen LogP contribution in [0.3, 0.4) is 0 Å². The van der Waals surface area contributed by atoms with Gasteiger partial charge in [0.15, 0.2) is 6.10 Å². The summed E-state index contributed by atoms with van der Waals surface area (Å²) < 4.78 is 26.1. The molecule has 0 aromatic rings. The molecule has 8 nitrogen and oxygen atoms in total. The van der Waals surface area contributed by atoms with E-state index < -0.39 is 32.5 Å². The predicted octanol–water partition coefficient (Wildman–Crippen LogP) is 9.84. The van der Waals surface area contributed by atoms with Crippen molar-refractivity contribution in [2.75, 3.05) is 13.2 Å². The van der Waals surface area contributed by atoms with Crippen LogP contribution in [-0.2, 0) is 28.2 Å². The fourth-order valence-electron chi connectivity index (χ4n) is 4.54. The minimum absolute atomic E-state index is 0.103. The molecule has 0 saturated heterocycles. The standard InChI is InChI=1S/C35H63O8P/c1-3-5-7-9-11-13-15-17-19-21-23-25-27-29-34(36)41-31-33(32-42-44(38,39)40)43-35(37)30-28-26-24-22-20-18-16-14-12-10-8-6-4-2/h17-20,24,26,33H,3-16,21-23,25,27-32H2,1-2H3,(H2,38,39,40)/b19-17+,20-18+,26-24+. The number of allylic oxidation sites excluding steroid dienone is 6. The van der Waals surface area contributed by atoms with Crippen LogP contribution in [0.4, 0.5) is 0 Å². The summed E-state index contributed by atoms with van der Waals surface area (Å²) in [5.74, 6) is -0.985. The van der Waals surface area contributed by atoms with Crippen molar-refractivity contribution in [2.24, 2.45) is 0 Å². The molecule has 9 heteroatoms. The number of rotatable bonds is 31. The second-order valence-electron chi connectivity index (χ2n) is 11.5. The maximum atomic E-state index is 12.3. The third-order valence-corrected chi connectivity index (χ3v) is 7.63. The van der Waals surface area contributed by atoms with Crippen molar-refractivity contribution in [3.8, 4) is 0 Å². The summed E-state index contributed by atoms with van der Waals surface area (Å²) in [6, 6.07) is 0. The molecule has 0 saturated carbocycles. The van der Waals surface area contributed by atoms with Crippen molar-refractivity contribution in [2.45, 2.75) is 161 Å². The van der Waals surface area contributed by atoms with Crippen LogP contribution in [0.2, 0.25) is 0 Å². The summed E-state index contributed by atoms with van der Waals surface area (Å²) in [6.07, 6.45) is 34.5. The van der Waals surface area contributed by atoms with E-state index in [-0.39, 0.29) is 19.4 Å². The first-order valence-corrected chi connectivity index (χ1v) is 18.8. The maximum absolute atomic E-state index is 12.3. The van der Waals surface area contributed by atoms with E-state index in [1.54, 1.807) is 0 Å². The van der Waals surface area contributed by atoms with Crippen molar-refractivity contribution in [1.29, 1.82) is 0 Å². The molecule has 0 heterocycles. The van der Waals surface area contributed by atoms with Gasteiger partial charge >= 0.3 is 19.8 Å². The Hall–Kier alpha value is -1.73. The van der Waals surface area contributed by atoms with Crippen LogP contribution in [0.1, 0.15) is 155 Å². The number of ether oxygens (including phenoxy) is 2. The first kappa shape index (κ1) is 42.3. The van der Waals surface area contributed by atoms with Gasteiger partial charge in [-0.2, -0.15) is 0 Å². The van der Waals surface area contributed by atoms with Crippen LogP contribution >= 0.6 is 7.82 Å². The normalized spacial score (nSPS) is 12.9. The molecule has 0 radical (unpaired) electrons. The highest BCUT2D eigenvalue weighted by Gasteiger charge is 2.22. The number of phosphoric acid groups is 1. The monoisotopic (exact) mass is 642 g/mol. The molecule has 256 valence electrons. The first-order valence-electron chi connectivity index (χ1n) is 17.3. The zero-order chi connectivity index (χ0) is 32.6. The van der Waals surface area contributed by atoms with E-state index in [9.17, 15) is 14.2 Å². The third kappa shape index (κ3) is 33.2. The highest BCUT2D eigenvalue weighted by Crippen LogP contribution is 2.35. The van der Waals surface area contributed by atoms with Crippen LogP contribution in [0, 0.1) is 0 Å². The van der Waals surface area contributed by atoms with E-state index in [0.29, 0.717) is 12.8 Å². The summed E-state index contributed by atoms with van der Waals surface area (Å²) in [5, 5.41) is 0. The van der Waals surface area contributed by atoms with Gasteiger partial charge < -0.3 is 19.3 Å². The molecule has 0 aliphatic rings. The van der Waals surface area contributed by atoms with Crippen molar-refractivity contribution < 1.29 is 37.9 Å². The number of hydrogen-bond donors (Lipinski definition) is 2. The highest BCUT2D eigenvalue weighted by atomic mass is 31.2. The summed E-state index contributed by atoms with van der Waals surface area (Å²) in [5.41, 5.74) is 0. The SMILES string of the molecule is CCCCCCCC/C=C/C/C=C/CCC(=O)OC(COC(=O)CCCCC/C=C/CCCCCCCC)COP(=O)(O)O. The Balaban J connectivity index is 4.12. The van der Waals surface area contributed by atoms with E-state index in [1.165, 1.54) is 77.0 Å². The van der Waals surface area contributed by atoms with Crippen LogP contribution in [0.5, 0.6) is 0 Å². The fraction of sp³-hybridized carbons (Fsp3) is 0.771. The molecule has 44 heavy (non-hydrogen) atoms. The van der Waals surface area contributed by atoms with Crippen LogP contribution in [0.25, 0.3) is 0 Å². The quantitative estimate of drug-likeness (QED) is 0.0332. The second-order valence-corrected chi connectivity index (χ2v) is 12.7. The predicted molar refractivity (Wildman–Crippen MR) is 179 cm³/mol. The van der Waals surface area contributed by atoms with E-state index in [2.05, 4.69) is 42.7 Å². The average molecular weight is 643 g/mol. The lowest BCUT2D eigenvalue weighted by Crippen LogP contribution is -2.29. The van der Waals surface area contributed by atoms with Gasteiger partial charge in [0.05, 0.1) is 6.61 Å². The van der Waals surface area contributed by atoms with Crippen LogP contribution < -0.4 is 0 Å². The van der Waals surface area contributed by atoms with Crippen molar-refractivity contribution in [3.63, 3.8) is 0 Å². The molecular weight excluding hydrogens is 579 g/mol. The molecule has 0 aliphatic carbocycles. The first-order chi connectivity index (χ1) is 21.3. The lowest BCUT2D eigenvalue weighted by Gasteiger charge is -2.18. The highest BCUT2D eigenvalue weighted by molar-refractivity contribution is 7.46. The zero-order valence-corrected chi connectivity index (χ0v) is 28.7. The van der Waals surface area contributed by atoms with Gasteiger partial charge in [0.25, 0.3) is 0 Å². The van der Waals surface area contributed by atoms with Gasteiger partial charge in [0.2, 0.25) is 0 Å². The minimum atomic E-state index is -4.76. The molecular formula is C35H63O8P. The van der Waals surface area contributed by atoms with Crippen molar-refractivity contribution in [1.82, 2.24) is 0 Å². The van der Waals surface area contributed by atoms with Gasteiger partial charge in [0.1, 0.15) is 6.61 Å². The number of unbranched alkanes of at least 4 members (excludes halogenated alkanes) is 15. The summed E-state index contributed by atoms with van der Waals surface area (Å²) in [7, 11) is -4.76. The molecule has 0 aromatic carbocycles. The fourth-order valence-corrected chi connectivity index (χ4v) is 4.90. The topological polar surface area (TPSA) is 119 Å². The number of phosphoric ester groups is 1. The molecule has 0 spiro atoms. The molecule has 0 rings (SSSR count). The van der Waals surface area contributed by atoms with E-state index in [1.807, 2.05) is 12.2 Å². The van der Waals surface area contributed by atoms with Crippen LogP contribution in [0.15, 0.2) is 36.5 Å². The molecule has 0 aliphatic heterocycles. The molecule has 0 fully saturated rings. The Morgan fingerprint density at radius 3 is 1.61 bits per heavy atom. The number of carbonyl (C=O) groups excluding carboxylic acids is 2. The lowest BCUT2D eigenvalue weighted by atomic mass is 10.1. The van der Waals surface area contributed by atoms with Gasteiger partial charge in [-0.15, -0.1) is 0 Å². The average Bonchev–Trinajstić information content (AvgIpc) is 2.98. The van der Waals surface area contributed by atoms with E-state index in [0.717, 1.165) is 38.5 Å². The van der Waals surface area contributed by atoms with Crippen LogP contribution in [-0.4, -0.2) is 41.0 Å². The molecule has 0 aromatic heterocycles.